The molecule has 7 nitrogen and oxygen atoms in total. The van der Waals surface area contributed by atoms with E-state index in [-0.39, 0.29) is 25.8 Å². The highest BCUT2D eigenvalue weighted by atomic mass is 16.4. The third kappa shape index (κ3) is 7.20. The van der Waals surface area contributed by atoms with Gasteiger partial charge >= 0.3 is 11.9 Å². The van der Waals surface area contributed by atoms with E-state index in [1.807, 2.05) is 60.7 Å². The third-order valence-corrected chi connectivity index (χ3v) is 4.22. The quantitative estimate of drug-likeness (QED) is 0.466. The minimum Gasteiger partial charge on any atom is -0.481 e. The summed E-state index contributed by atoms with van der Waals surface area (Å²) in [6.07, 6.45) is 0.318. The molecule has 0 aliphatic carbocycles. The Kier molecular flexibility index (Phi) is 8.17. The van der Waals surface area contributed by atoms with E-state index < -0.39 is 29.9 Å². The molecule has 2 rings (SSSR count). The van der Waals surface area contributed by atoms with Gasteiger partial charge in [-0.3, -0.25) is 19.7 Å². The van der Waals surface area contributed by atoms with E-state index in [4.69, 9.17) is 5.11 Å². The van der Waals surface area contributed by atoms with Gasteiger partial charge in [0.2, 0.25) is 5.91 Å². The van der Waals surface area contributed by atoms with Crippen LogP contribution in [0.5, 0.6) is 0 Å². The van der Waals surface area contributed by atoms with Crippen LogP contribution in [0.3, 0.4) is 0 Å². The van der Waals surface area contributed by atoms with Crippen LogP contribution in [0.4, 0.5) is 0 Å². The molecule has 0 aliphatic rings. The van der Waals surface area contributed by atoms with Crippen LogP contribution in [0, 0.1) is 0 Å². The number of amides is 1. The Balaban J connectivity index is 2.11. The number of hydrogen-bond acceptors (Lipinski definition) is 4. The normalized spacial score (nSPS) is 12.7. The first-order chi connectivity index (χ1) is 13.5. The summed E-state index contributed by atoms with van der Waals surface area (Å²) in [4.78, 5) is 35.0. The maximum atomic E-state index is 12.6. The van der Waals surface area contributed by atoms with Crippen molar-refractivity contribution in [2.45, 2.75) is 31.3 Å². The topological polar surface area (TPSA) is 116 Å². The van der Waals surface area contributed by atoms with Crippen molar-refractivity contribution in [2.75, 3.05) is 6.54 Å². The van der Waals surface area contributed by atoms with E-state index in [0.29, 0.717) is 0 Å². The summed E-state index contributed by atoms with van der Waals surface area (Å²) in [6, 6.07) is 16.6. The number of aliphatic carboxylic acids is 2. The SMILES string of the molecule is O=C(O)CCNC(=O)C(Cc1ccccc1)N[C@@H](Cc1ccccc1)C(=O)O. The molecule has 1 unspecified atom stereocenters. The van der Waals surface area contributed by atoms with Gasteiger partial charge in [0.05, 0.1) is 12.5 Å². The molecule has 4 N–H and O–H groups in total. The molecule has 0 aliphatic heterocycles. The fourth-order valence-corrected chi connectivity index (χ4v) is 2.80. The number of carbonyl (C=O) groups excluding carboxylic acids is 1. The van der Waals surface area contributed by atoms with Crippen molar-refractivity contribution in [2.24, 2.45) is 0 Å². The maximum absolute atomic E-state index is 12.6. The highest BCUT2D eigenvalue weighted by Gasteiger charge is 2.26. The molecule has 2 aromatic carbocycles. The molecule has 2 aromatic rings. The Morgan fingerprint density at radius 1 is 0.786 bits per heavy atom. The number of hydrogen-bond donors (Lipinski definition) is 4. The maximum Gasteiger partial charge on any atom is 0.321 e. The molecule has 0 saturated heterocycles. The van der Waals surface area contributed by atoms with Crippen LogP contribution in [-0.4, -0.2) is 46.7 Å². The van der Waals surface area contributed by atoms with E-state index in [1.54, 1.807) is 0 Å². The van der Waals surface area contributed by atoms with Crippen molar-refractivity contribution < 1.29 is 24.6 Å². The molecule has 0 aromatic heterocycles. The van der Waals surface area contributed by atoms with Gasteiger partial charge in [0.25, 0.3) is 0 Å². The third-order valence-electron chi connectivity index (χ3n) is 4.22. The van der Waals surface area contributed by atoms with Crippen molar-refractivity contribution in [1.82, 2.24) is 10.6 Å². The van der Waals surface area contributed by atoms with Crippen molar-refractivity contribution >= 4 is 17.8 Å². The standard InChI is InChI=1S/C21H24N2O5/c24-19(25)11-12-22-20(26)17(13-15-7-3-1-4-8-15)23-18(21(27)28)14-16-9-5-2-6-10-16/h1-10,17-18,23H,11-14H2,(H,22,26)(H,24,25)(H,27,28)/t17?,18-/m0/s1. The van der Waals surface area contributed by atoms with Gasteiger partial charge in [0.15, 0.2) is 0 Å². The second kappa shape index (κ2) is 10.8. The molecule has 7 heteroatoms. The number of carboxylic acid groups (broad SMARTS) is 2. The van der Waals surface area contributed by atoms with Gasteiger partial charge in [0.1, 0.15) is 6.04 Å². The van der Waals surface area contributed by atoms with Gasteiger partial charge in [-0.05, 0) is 24.0 Å². The van der Waals surface area contributed by atoms with Gasteiger partial charge in [-0.2, -0.15) is 0 Å². The minimum atomic E-state index is -1.06. The predicted molar refractivity (Wildman–Crippen MR) is 104 cm³/mol. The lowest BCUT2D eigenvalue weighted by Gasteiger charge is -2.23. The van der Waals surface area contributed by atoms with Gasteiger partial charge in [-0.15, -0.1) is 0 Å². The summed E-state index contributed by atoms with van der Waals surface area (Å²) in [7, 11) is 0. The molecule has 0 spiro atoms. The average molecular weight is 384 g/mol. The van der Waals surface area contributed by atoms with Crippen molar-refractivity contribution in [3.63, 3.8) is 0 Å². The fourth-order valence-electron chi connectivity index (χ4n) is 2.80. The fraction of sp³-hybridized carbons (Fsp3) is 0.286. The lowest BCUT2D eigenvalue weighted by Crippen LogP contribution is -2.53. The van der Waals surface area contributed by atoms with Crippen molar-refractivity contribution in [1.29, 1.82) is 0 Å². The molecule has 28 heavy (non-hydrogen) atoms. The van der Waals surface area contributed by atoms with Crippen LogP contribution in [0.2, 0.25) is 0 Å². The summed E-state index contributed by atoms with van der Waals surface area (Å²) in [6.45, 7) is -0.0163. The van der Waals surface area contributed by atoms with Gasteiger partial charge < -0.3 is 15.5 Å². The number of benzene rings is 2. The molecule has 1 amide bonds. The summed E-state index contributed by atoms with van der Waals surface area (Å²) in [5.41, 5.74) is 1.71. The minimum absolute atomic E-state index is 0.0163. The first kappa shape index (κ1) is 21.1. The molecular formula is C21H24N2O5. The Labute approximate surface area is 163 Å². The van der Waals surface area contributed by atoms with E-state index in [1.165, 1.54) is 0 Å². The summed E-state index contributed by atoms with van der Waals surface area (Å²) < 4.78 is 0. The summed E-state index contributed by atoms with van der Waals surface area (Å²) in [5, 5.41) is 23.8. The van der Waals surface area contributed by atoms with E-state index in [9.17, 15) is 19.5 Å². The molecule has 0 fully saturated rings. The molecule has 0 heterocycles. The molecular weight excluding hydrogens is 360 g/mol. The highest BCUT2D eigenvalue weighted by Crippen LogP contribution is 2.08. The van der Waals surface area contributed by atoms with Gasteiger partial charge in [-0.25, -0.2) is 0 Å². The zero-order valence-electron chi connectivity index (χ0n) is 15.4. The van der Waals surface area contributed by atoms with Crippen LogP contribution in [0.25, 0.3) is 0 Å². The smallest absolute Gasteiger partial charge is 0.321 e. The summed E-state index contributed by atoms with van der Waals surface area (Å²) in [5.74, 6) is -2.50. The van der Waals surface area contributed by atoms with E-state index in [0.717, 1.165) is 11.1 Å². The van der Waals surface area contributed by atoms with Crippen LogP contribution >= 0.6 is 0 Å². The first-order valence-corrected chi connectivity index (χ1v) is 9.02. The lowest BCUT2D eigenvalue weighted by molar-refractivity contribution is -0.140. The second-order valence-corrected chi connectivity index (χ2v) is 6.42. The van der Waals surface area contributed by atoms with Crippen LogP contribution in [-0.2, 0) is 27.2 Å². The first-order valence-electron chi connectivity index (χ1n) is 9.02. The lowest BCUT2D eigenvalue weighted by atomic mass is 10.0. The van der Waals surface area contributed by atoms with Crippen LogP contribution < -0.4 is 10.6 Å². The molecule has 148 valence electrons. The molecule has 0 bridgehead atoms. The molecule has 0 saturated carbocycles. The average Bonchev–Trinajstić information content (AvgIpc) is 2.68. The molecule has 2 atom stereocenters. The van der Waals surface area contributed by atoms with E-state index >= 15 is 0 Å². The number of carboxylic acids is 2. The Hall–Kier alpha value is -3.19. The Morgan fingerprint density at radius 3 is 1.75 bits per heavy atom. The monoisotopic (exact) mass is 384 g/mol. The number of carbonyl (C=O) groups is 3. The largest absolute Gasteiger partial charge is 0.481 e. The van der Waals surface area contributed by atoms with Crippen LogP contribution in [0.15, 0.2) is 60.7 Å². The van der Waals surface area contributed by atoms with Gasteiger partial charge in [-0.1, -0.05) is 60.7 Å². The second-order valence-electron chi connectivity index (χ2n) is 6.42. The predicted octanol–water partition coefficient (Wildman–Crippen LogP) is 1.47. The highest BCUT2D eigenvalue weighted by molar-refractivity contribution is 5.84. The number of rotatable bonds is 11. The zero-order valence-corrected chi connectivity index (χ0v) is 15.4. The summed E-state index contributed by atoms with van der Waals surface area (Å²) >= 11 is 0. The van der Waals surface area contributed by atoms with Gasteiger partial charge in [0, 0.05) is 6.54 Å². The Bertz CT molecular complexity index is 780. The molecule has 0 radical (unpaired) electrons. The zero-order chi connectivity index (χ0) is 20.4. The van der Waals surface area contributed by atoms with Crippen molar-refractivity contribution in [3.8, 4) is 0 Å². The Morgan fingerprint density at radius 2 is 1.29 bits per heavy atom. The van der Waals surface area contributed by atoms with E-state index in [2.05, 4.69) is 10.6 Å². The van der Waals surface area contributed by atoms with Crippen LogP contribution in [0.1, 0.15) is 17.5 Å². The number of nitrogens with one attached hydrogen (secondary N) is 2. The van der Waals surface area contributed by atoms with Crippen molar-refractivity contribution in [3.05, 3.63) is 71.8 Å².